The fraction of sp³-hybridized carbons (Fsp3) is 0.667. The van der Waals surface area contributed by atoms with Crippen molar-refractivity contribution in [2.45, 2.75) is 39.2 Å². The number of likely N-dealkylation sites (tertiary alicyclic amines) is 2. The second-order valence-corrected chi connectivity index (χ2v) is 7.73. The number of hydrogen-bond donors (Lipinski definition) is 0. The molecule has 5 nitrogen and oxygen atoms in total. The summed E-state index contributed by atoms with van der Waals surface area (Å²) in [4.78, 5) is 17.3. The predicted molar refractivity (Wildman–Crippen MR) is 103 cm³/mol. The molecule has 0 spiro atoms. The number of benzene rings is 1. The first-order valence-electron chi connectivity index (χ1n) is 9.83. The largest absolute Gasteiger partial charge is 0.493 e. The Bertz CT molecular complexity index is 611. The van der Waals surface area contributed by atoms with Crippen molar-refractivity contribution in [3.05, 3.63) is 23.8 Å². The first-order valence-corrected chi connectivity index (χ1v) is 9.83. The van der Waals surface area contributed by atoms with Gasteiger partial charge in [-0.1, -0.05) is 19.1 Å². The minimum absolute atomic E-state index is 0.198. The summed E-state index contributed by atoms with van der Waals surface area (Å²) in [5.74, 6) is 2.82. The van der Waals surface area contributed by atoms with E-state index in [-0.39, 0.29) is 5.92 Å². The average molecular weight is 360 g/mol. The third kappa shape index (κ3) is 4.32. The van der Waals surface area contributed by atoms with Crippen LogP contribution >= 0.6 is 0 Å². The van der Waals surface area contributed by atoms with Gasteiger partial charge in [-0.2, -0.15) is 0 Å². The molecule has 0 radical (unpaired) electrons. The summed E-state index contributed by atoms with van der Waals surface area (Å²) in [7, 11) is 3.35. The van der Waals surface area contributed by atoms with Gasteiger partial charge >= 0.3 is 0 Å². The molecular formula is C21H32N2O3. The number of hydrogen-bond acceptors (Lipinski definition) is 4. The van der Waals surface area contributed by atoms with Crippen LogP contribution in [0.1, 0.15) is 38.2 Å². The van der Waals surface area contributed by atoms with E-state index in [2.05, 4.69) is 22.8 Å². The molecule has 1 aromatic rings. The number of methoxy groups -OCH3 is 2. The van der Waals surface area contributed by atoms with E-state index in [1.807, 2.05) is 12.1 Å². The van der Waals surface area contributed by atoms with Gasteiger partial charge in [0.05, 0.1) is 14.2 Å². The molecule has 2 aliphatic heterocycles. The minimum Gasteiger partial charge on any atom is -0.493 e. The topological polar surface area (TPSA) is 42.0 Å². The van der Waals surface area contributed by atoms with Crippen molar-refractivity contribution in [1.82, 2.24) is 9.80 Å². The second kappa shape index (κ2) is 8.76. The molecule has 1 unspecified atom stereocenters. The van der Waals surface area contributed by atoms with E-state index in [0.29, 0.717) is 11.8 Å². The van der Waals surface area contributed by atoms with Crippen LogP contribution in [0.4, 0.5) is 0 Å². The van der Waals surface area contributed by atoms with Crippen LogP contribution in [0.25, 0.3) is 0 Å². The van der Waals surface area contributed by atoms with Crippen molar-refractivity contribution in [3.63, 3.8) is 0 Å². The number of carbonyl (C=O) groups excluding carboxylic acids is 1. The van der Waals surface area contributed by atoms with E-state index in [1.54, 1.807) is 14.2 Å². The van der Waals surface area contributed by atoms with Gasteiger partial charge in [-0.15, -0.1) is 0 Å². The van der Waals surface area contributed by atoms with Gasteiger partial charge in [0.15, 0.2) is 11.5 Å². The van der Waals surface area contributed by atoms with Crippen LogP contribution in [-0.4, -0.2) is 56.1 Å². The first kappa shape index (κ1) is 19.0. The summed E-state index contributed by atoms with van der Waals surface area (Å²) < 4.78 is 10.9. The summed E-state index contributed by atoms with van der Waals surface area (Å²) in [6, 6.07) is 6.02. The Kier molecular flexibility index (Phi) is 6.41. The molecule has 2 saturated heterocycles. The zero-order valence-corrected chi connectivity index (χ0v) is 16.4. The normalized spacial score (nSPS) is 22.3. The fourth-order valence-corrected chi connectivity index (χ4v) is 4.30. The number of para-hydroxylation sites is 1. The Morgan fingerprint density at radius 3 is 2.54 bits per heavy atom. The van der Waals surface area contributed by atoms with Crippen LogP contribution < -0.4 is 9.47 Å². The highest BCUT2D eigenvalue weighted by atomic mass is 16.5. The van der Waals surface area contributed by atoms with Gasteiger partial charge in [0.1, 0.15) is 0 Å². The van der Waals surface area contributed by atoms with Gasteiger partial charge in [-0.25, -0.2) is 0 Å². The number of rotatable bonds is 5. The molecule has 2 heterocycles. The second-order valence-electron chi connectivity index (χ2n) is 7.73. The third-order valence-corrected chi connectivity index (χ3v) is 5.78. The number of carbonyl (C=O) groups is 1. The van der Waals surface area contributed by atoms with Crippen molar-refractivity contribution in [2.24, 2.45) is 11.8 Å². The molecule has 2 aliphatic rings. The summed E-state index contributed by atoms with van der Waals surface area (Å²) >= 11 is 0. The van der Waals surface area contributed by atoms with E-state index in [1.165, 1.54) is 6.42 Å². The van der Waals surface area contributed by atoms with Crippen molar-refractivity contribution in [3.8, 4) is 11.5 Å². The maximum Gasteiger partial charge on any atom is 0.225 e. The molecule has 2 fully saturated rings. The molecule has 144 valence electrons. The number of piperidine rings is 2. The number of amides is 1. The van der Waals surface area contributed by atoms with E-state index in [4.69, 9.17) is 9.47 Å². The van der Waals surface area contributed by atoms with Crippen LogP contribution in [0, 0.1) is 11.8 Å². The van der Waals surface area contributed by atoms with Crippen LogP contribution in [0.3, 0.4) is 0 Å². The fourth-order valence-electron chi connectivity index (χ4n) is 4.30. The molecule has 1 amide bonds. The van der Waals surface area contributed by atoms with E-state index in [9.17, 15) is 4.79 Å². The summed E-state index contributed by atoms with van der Waals surface area (Å²) in [5, 5.41) is 0. The Morgan fingerprint density at radius 2 is 1.88 bits per heavy atom. The SMILES string of the molecule is COc1cccc(CN2CCC(C(=O)N3CCCC(C)C3)CC2)c1OC. The predicted octanol–water partition coefficient (Wildman–Crippen LogP) is 3.17. The van der Waals surface area contributed by atoms with Crippen LogP contribution in [0.15, 0.2) is 18.2 Å². The molecule has 0 bridgehead atoms. The monoisotopic (exact) mass is 360 g/mol. The summed E-state index contributed by atoms with van der Waals surface area (Å²) in [6.45, 7) is 6.90. The number of ether oxygens (including phenoxy) is 2. The third-order valence-electron chi connectivity index (χ3n) is 5.78. The molecule has 1 atom stereocenters. The highest BCUT2D eigenvalue weighted by molar-refractivity contribution is 5.79. The molecule has 1 aromatic carbocycles. The lowest BCUT2D eigenvalue weighted by Gasteiger charge is -2.37. The zero-order chi connectivity index (χ0) is 18.5. The average Bonchev–Trinajstić information content (AvgIpc) is 2.67. The van der Waals surface area contributed by atoms with Crippen molar-refractivity contribution in [1.29, 1.82) is 0 Å². The van der Waals surface area contributed by atoms with Gasteiger partial charge in [0, 0.05) is 31.1 Å². The highest BCUT2D eigenvalue weighted by Gasteiger charge is 2.30. The van der Waals surface area contributed by atoms with Gasteiger partial charge in [0.25, 0.3) is 0 Å². The smallest absolute Gasteiger partial charge is 0.225 e. The van der Waals surface area contributed by atoms with Gasteiger partial charge in [-0.3, -0.25) is 9.69 Å². The molecular weight excluding hydrogens is 328 g/mol. The lowest BCUT2D eigenvalue weighted by Crippen LogP contribution is -2.45. The molecule has 0 saturated carbocycles. The Balaban J connectivity index is 1.55. The maximum absolute atomic E-state index is 12.8. The molecule has 5 heteroatoms. The molecule has 0 aromatic heterocycles. The molecule has 0 N–H and O–H groups in total. The Labute approximate surface area is 157 Å². The first-order chi connectivity index (χ1) is 12.6. The van der Waals surface area contributed by atoms with Gasteiger partial charge < -0.3 is 14.4 Å². The van der Waals surface area contributed by atoms with Crippen LogP contribution in [0.5, 0.6) is 11.5 Å². The van der Waals surface area contributed by atoms with E-state index >= 15 is 0 Å². The number of nitrogens with zero attached hydrogens (tertiary/aromatic N) is 2. The van der Waals surface area contributed by atoms with Crippen molar-refractivity contribution in [2.75, 3.05) is 40.4 Å². The van der Waals surface area contributed by atoms with Crippen LogP contribution in [-0.2, 0) is 11.3 Å². The van der Waals surface area contributed by atoms with Crippen molar-refractivity contribution < 1.29 is 14.3 Å². The quantitative estimate of drug-likeness (QED) is 0.809. The molecule has 0 aliphatic carbocycles. The molecule has 3 rings (SSSR count). The lowest BCUT2D eigenvalue weighted by atomic mass is 9.92. The van der Waals surface area contributed by atoms with Gasteiger partial charge in [-0.05, 0) is 50.8 Å². The summed E-state index contributed by atoms with van der Waals surface area (Å²) in [5.41, 5.74) is 1.14. The maximum atomic E-state index is 12.8. The Hall–Kier alpha value is -1.75. The van der Waals surface area contributed by atoms with Crippen molar-refractivity contribution >= 4 is 5.91 Å². The van der Waals surface area contributed by atoms with E-state index in [0.717, 1.165) is 69.0 Å². The van der Waals surface area contributed by atoms with Crippen LogP contribution in [0.2, 0.25) is 0 Å². The minimum atomic E-state index is 0.198. The standard InChI is InChI=1S/C21H32N2O3/c1-16-6-5-11-23(14-16)21(24)17-9-12-22(13-10-17)15-18-7-4-8-19(25-2)20(18)26-3/h4,7-8,16-17H,5-6,9-15H2,1-3H3. The molecule has 26 heavy (non-hydrogen) atoms. The lowest BCUT2D eigenvalue weighted by molar-refractivity contribution is -0.138. The Morgan fingerprint density at radius 1 is 1.12 bits per heavy atom. The highest BCUT2D eigenvalue weighted by Crippen LogP contribution is 2.32. The zero-order valence-electron chi connectivity index (χ0n) is 16.4. The summed E-state index contributed by atoms with van der Waals surface area (Å²) in [6.07, 6.45) is 4.32. The van der Waals surface area contributed by atoms with Gasteiger partial charge in [0.2, 0.25) is 5.91 Å². The van der Waals surface area contributed by atoms with E-state index < -0.39 is 0 Å².